The number of esters is 1. The molecule has 0 aliphatic carbocycles. The lowest BCUT2D eigenvalue weighted by Crippen LogP contribution is -2.36. The van der Waals surface area contributed by atoms with Crippen molar-refractivity contribution in [3.63, 3.8) is 0 Å². The van der Waals surface area contributed by atoms with Crippen LogP contribution in [0.25, 0.3) is 0 Å². The van der Waals surface area contributed by atoms with Crippen molar-refractivity contribution >= 4 is 41.5 Å². The lowest BCUT2D eigenvalue weighted by atomic mass is 10.0. The Hall–Kier alpha value is -3.28. The first-order valence-electron chi connectivity index (χ1n) is 20.5. The minimum Gasteiger partial charge on any atom is -0.426 e. The molecular formula is C41H67N5O6S. The molecule has 0 spiro atoms. The molecule has 53 heavy (non-hydrogen) atoms. The van der Waals surface area contributed by atoms with Crippen molar-refractivity contribution < 1.29 is 28.7 Å². The van der Waals surface area contributed by atoms with E-state index in [1.165, 1.54) is 32.1 Å². The number of carbonyl (C=O) groups is 5. The first-order valence-corrected chi connectivity index (χ1v) is 21.6. The van der Waals surface area contributed by atoms with Crippen LogP contribution in [0.3, 0.4) is 0 Å². The molecule has 0 radical (unpaired) electrons. The van der Waals surface area contributed by atoms with Crippen molar-refractivity contribution in [3.8, 4) is 5.75 Å². The summed E-state index contributed by atoms with van der Waals surface area (Å²) in [5.41, 5.74) is 1.07. The van der Waals surface area contributed by atoms with Crippen molar-refractivity contribution in [3.05, 3.63) is 29.8 Å². The number of rotatable bonds is 29. The van der Waals surface area contributed by atoms with Gasteiger partial charge < -0.3 is 31.3 Å². The van der Waals surface area contributed by atoms with Gasteiger partial charge in [0.25, 0.3) is 0 Å². The number of urea groups is 1. The Morgan fingerprint density at radius 2 is 1.30 bits per heavy atom. The Kier molecular flexibility index (Phi) is 22.0. The first kappa shape index (κ1) is 44.1. The summed E-state index contributed by atoms with van der Waals surface area (Å²) in [5.74, 6) is 1.40. The lowest BCUT2D eigenvalue weighted by molar-refractivity contribution is -0.138. The van der Waals surface area contributed by atoms with Gasteiger partial charge in [-0.2, -0.15) is 11.8 Å². The predicted molar refractivity (Wildman–Crippen MR) is 213 cm³/mol. The number of hydrogen-bond acceptors (Lipinski definition) is 7. The number of nitrogens with one attached hydrogen (secondary N) is 5. The van der Waals surface area contributed by atoms with Crippen LogP contribution in [0, 0.1) is 5.92 Å². The van der Waals surface area contributed by atoms with Gasteiger partial charge in [-0.25, -0.2) is 4.79 Å². The maximum absolute atomic E-state index is 12.4. The minimum atomic E-state index is -0.178. The van der Waals surface area contributed by atoms with Gasteiger partial charge >= 0.3 is 12.0 Å². The van der Waals surface area contributed by atoms with Crippen LogP contribution in [0.5, 0.6) is 5.75 Å². The molecule has 2 fully saturated rings. The Bertz CT molecular complexity index is 1250. The van der Waals surface area contributed by atoms with E-state index in [1.807, 2.05) is 43.0 Å². The standard InChI is InChI=1S/C41H67N5O6S/c1-3-4-5-6-7-10-17-31(2)40(50)52-33-24-22-32(23-25-33)26-29-44-38(49)20-12-9-16-27-42-36(47)19-11-8-15-28-43-37(48)21-14-13-18-35-39-34(30-53-35)45-41(51)46-39/h22-25,31,34-35,39H,3-21,26-30H2,1-2H3,(H,42,47)(H,43,48)(H,44,49)(H2,45,46,51)/t31-,34?,35?,39?/m0/s1. The summed E-state index contributed by atoms with van der Waals surface area (Å²) in [7, 11) is 0. The molecule has 2 aliphatic rings. The second kappa shape index (κ2) is 26.5. The fourth-order valence-electron chi connectivity index (χ4n) is 6.81. The number of hydrogen-bond donors (Lipinski definition) is 5. The van der Waals surface area contributed by atoms with E-state index in [9.17, 15) is 24.0 Å². The van der Waals surface area contributed by atoms with Crippen molar-refractivity contribution in [1.82, 2.24) is 26.6 Å². The van der Waals surface area contributed by atoms with Crippen molar-refractivity contribution in [2.45, 2.75) is 160 Å². The van der Waals surface area contributed by atoms with Gasteiger partial charge in [-0.3, -0.25) is 19.2 Å². The van der Waals surface area contributed by atoms with Crippen LogP contribution in [0.4, 0.5) is 4.79 Å². The Morgan fingerprint density at radius 3 is 1.94 bits per heavy atom. The van der Waals surface area contributed by atoms with Gasteiger partial charge in [0, 0.05) is 49.9 Å². The topological polar surface area (TPSA) is 155 Å². The monoisotopic (exact) mass is 757 g/mol. The molecule has 2 saturated heterocycles. The van der Waals surface area contributed by atoms with Crippen LogP contribution in [0.2, 0.25) is 0 Å². The average molecular weight is 758 g/mol. The SMILES string of the molecule is CCCCCCCC[C@H](C)C(=O)Oc1ccc(CCNC(=O)CCCCCNC(=O)CCCCCNC(=O)CCCCC2SCC3NC(=O)NC32)cc1. The minimum absolute atomic E-state index is 0.0332. The maximum atomic E-state index is 12.4. The first-order chi connectivity index (χ1) is 25.7. The van der Waals surface area contributed by atoms with Crippen LogP contribution in [0.1, 0.15) is 141 Å². The highest BCUT2D eigenvalue weighted by Crippen LogP contribution is 2.33. The summed E-state index contributed by atoms with van der Waals surface area (Å²) >= 11 is 1.90. The van der Waals surface area contributed by atoms with Gasteiger partial charge in [-0.15, -0.1) is 0 Å². The highest BCUT2D eigenvalue weighted by Gasteiger charge is 2.42. The van der Waals surface area contributed by atoms with E-state index in [0.717, 1.165) is 81.9 Å². The molecule has 11 nitrogen and oxygen atoms in total. The van der Waals surface area contributed by atoms with E-state index in [4.69, 9.17) is 4.74 Å². The molecule has 1 aromatic carbocycles. The molecule has 5 amide bonds. The van der Waals surface area contributed by atoms with Crippen LogP contribution in [0.15, 0.2) is 24.3 Å². The fraction of sp³-hybridized carbons (Fsp3) is 0.732. The molecule has 3 unspecified atom stereocenters. The molecule has 0 saturated carbocycles. The lowest BCUT2D eigenvalue weighted by Gasteiger charge is -2.16. The molecule has 12 heteroatoms. The third kappa shape index (κ3) is 19.0. The molecule has 2 aliphatic heterocycles. The summed E-state index contributed by atoms with van der Waals surface area (Å²) in [6, 6.07) is 7.92. The number of fused-ring (bicyclic) bond motifs is 1. The van der Waals surface area contributed by atoms with E-state index in [2.05, 4.69) is 33.5 Å². The molecule has 4 atom stereocenters. The van der Waals surface area contributed by atoms with Gasteiger partial charge in [0.15, 0.2) is 0 Å². The third-order valence-electron chi connectivity index (χ3n) is 10.2. The molecule has 1 aromatic rings. The smallest absolute Gasteiger partial charge is 0.315 e. The van der Waals surface area contributed by atoms with Crippen LogP contribution in [-0.4, -0.2) is 72.4 Å². The highest BCUT2D eigenvalue weighted by molar-refractivity contribution is 8.00. The van der Waals surface area contributed by atoms with Crippen molar-refractivity contribution in [2.24, 2.45) is 5.92 Å². The van der Waals surface area contributed by atoms with E-state index in [1.54, 1.807) is 0 Å². The Labute approximate surface area is 322 Å². The van der Waals surface area contributed by atoms with Gasteiger partial charge in [0.05, 0.1) is 18.0 Å². The van der Waals surface area contributed by atoms with Gasteiger partial charge in [-0.05, 0) is 69.1 Å². The number of carbonyl (C=O) groups excluding carboxylic acids is 5. The van der Waals surface area contributed by atoms with Crippen LogP contribution in [-0.2, 0) is 25.6 Å². The molecule has 0 aromatic heterocycles. The zero-order valence-electron chi connectivity index (χ0n) is 32.4. The third-order valence-corrected chi connectivity index (χ3v) is 11.7. The fourth-order valence-corrected chi connectivity index (χ4v) is 8.35. The van der Waals surface area contributed by atoms with Crippen molar-refractivity contribution in [2.75, 3.05) is 25.4 Å². The quantitative estimate of drug-likeness (QED) is 0.0263. The van der Waals surface area contributed by atoms with Crippen molar-refractivity contribution in [1.29, 1.82) is 0 Å². The molecule has 298 valence electrons. The summed E-state index contributed by atoms with van der Waals surface area (Å²) in [5, 5.41) is 15.3. The molecule has 5 N–H and O–H groups in total. The summed E-state index contributed by atoms with van der Waals surface area (Å²) in [4.78, 5) is 60.5. The molecule has 0 bridgehead atoms. The second-order valence-electron chi connectivity index (χ2n) is 14.8. The summed E-state index contributed by atoms with van der Waals surface area (Å²) < 4.78 is 5.57. The maximum Gasteiger partial charge on any atom is 0.315 e. The Balaban J connectivity index is 1.07. The van der Waals surface area contributed by atoms with Crippen LogP contribution >= 0.6 is 11.8 Å². The zero-order chi connectivity index (χ0) is 38.1. The number of amides is 5. The summed E-state index contributed by atoms with van der Waals surface area (Å²) in [6.45, 7) is 5.96. The summed E-state index contributed by atoms with van der Waals surface area (Å²) in [6.07, 6.45) is 18.2. The molecule has 2 heterocycles. The van der Waals surface area contributed by atoms with Gasteiger partial charge in [-0.1, -0.05) is 83.8 Å². The Morgan fingerprint density at radius 1 is 0.736 bits per heavy atom. The number of ether oxygens (including phenoxy) is 1. The average Bonchev–Trinajstić information content (AvgIpc) is 3.70. The number of thioether (sulfide) groups is 1. The second-order valence-corrected chi connectivity index (χ2v) is 16.1. The predicted octanol–water partition coefficient (Wildman–Crippen LogP) is 6.72. The van der Waals surface area contributed by atoms with Crippen LogP contribution < -0.4 is 31.3 Å². The number of benzene rings is 1. The van der Waals surface area contributed by atoms with Gasteiger partial charge in [0.2, 0.25) is 17.7 Å². The normalized spacial score (nSPS) is 18.1. The van der Waals surface area contributed by atoms with E-state index >= 15 is 0 Å². The largest absolute Gasteiger partial charge is 0.426 e. The molecule has 3 rings (SSSR count). The number of unbranched alkanes of at least 4 members (excludes halogenated alkanes) is 10. The van der Waals surface area contributed by atoms with E-state index < -0.39 is 0 Å². The van der Waals surface area contributed by atoms with E-state index in [-0.39, 0.29) is 47.7 Å². The van der Waals surface area contributed by atoms with E-state index in [0.29, 0.717) is 56.3 Å². The zero-order valence-corrected chi connectivity index (χ0v) is 33.3. The van der Waals surface area contributed by atoms with Gasteiger partial charge in [0.1, 0.15) is 5.75 Å². The highest BCUT2D eigenvalue weighted by atomic mass is 32.2. The molecular weight excluding hydrogens is 691 g/mol.